The Hall–Kier alpha value is -4.08. The molecule has 0 spiro atoms. The molecule has 0 radical (unpaired) electrons. The molecule has 3 aromatic carbocycles. The van der Waals surface area contributed by atoms with E-state index >= 15 is 0 Å². The van der Waals surface area contributed by atoms with E-state index in [1.54, 1.807) is 0 Å². The number of nitrogens with one attached hydrogen (secondary N) is 1. The maximum atomic E-state index is 5.12. The number of benzene rings is 3. The van der Waals surface area contributed by atoms with Crippen molar-refractivity contribution in [2.75, 3.05) is 0 Å². The Morgan fingerprint density at radius 3 is 2.19 bits per heavy atom. The van der Waals surface area contributed by atoms with Gasteiger partial charge in [0.05, 0.1) is 23.1 Å². The fourth-order valence-corrected chi connectivity index (χ4v) is 3.93. The van der Waals surface area contributed by atoms with Crippen LogP contribution in [0, 0.1) is 0 Å². The van der Waals surface area contributed by atoms with Crippen LogP contribution >= 0.6 is 0 Å². The second-order valence-corrected chi connectivity index (χ2v) is 7.77. The number of aromatic nitrogens is 2. The number of nitrogens with zero attached hydrogens (tertiary/aromatic N) is 1. The van der Waals surface area contributed by atoms with Crippen LogP contribution in [0.4, 0.5) is 0 Å². The standard InChI is InChI=1S/C29H23N3/c30-20-22-11-14-24(15-12-22)29-25(23-9-5-2-6-10-23)19-26-27(31-18-17-28(26)32-29)16-13-21-7-3-1-4-8-21/h1-19H,20,30H2/p+2/b16-13+. The van der Waals surface area contributed by atoms with Crippen molar-refractivity contribution in [2.24, 2.45) is 0 Å². The Kier molecular flexibility index (Phi) is 5.56. The predicted octanol–water partition coefficient (Wildman–Crippen LogP) is 5.30. The smallest absolute Gasteiger partial charge is 0.213 e. The molecule has 0 aliphatic rings. The summed E-state index contributed by atoms with van der Waals surface area (Å²) in [7, 11) is 0. The predicted molar refractivity (Wildman–Crippen MR) is 131 cm³/mol. The lowest BCUT2D eigenvalue weighted by Gasteiger charge is -2.12. The highest BCUT2D eigenvalue weighted by atomic mass is 14.7. The van der Waals surface area contributed by atoms with Crippen molar-refractivity contribution in [3.05, 3.63) is 120 Å². The van der Waals surface area contributed by atoms with Gasteiger partial charge in [-0.25, -0.2) is 9.97 Å². The van der Waals surface area contributed by atoms with Gasteiger partial charge in [-0.1, -0.05) is 84.9 Å². The van der Waals surface area contributed by atoms with E-state index < -0.39 is 0 Å². The summed E-state index contributed by atoms with van der Waals surface area (Å²) in [5.41, 5.74) is 12.7. The van der Waals surface area contributed by atoms with Crippen molar-refractivity contribution < 1.29 is 10.7 Å². The van der Waals surface area contributed by atoms with Crippen LogP contribution in [-0.4, -0.2) is 4.98 Å². The summed E-state index contributed by atoms with van der Waals surface area (Å²) in [5.74, 6) is 0. The summed E-state index contributed by atoms with van der Waals surface area (Å²) in [6, 6.07) is 33.7. The molecule has 2 heterocycles. The number of H-pyrrole nitrogens is 1. The Bertz CT molecular complexity index is 1370. The molecule has 0 fully saturated rings. The molecular weight excluding hydrogens is 390 g/mol. The van der Waals surface area contributed by atoms with Crippen LogP contribution in [0.1, 0.15) is 16.8 Å². The summed E-state index contributed by atoms with van der Waals surface area (Å²) >= 11 is 0. The van der Waals surface area contributed by atoms with E-state index in [2.05, 4.69) is 89.6 Å². The average molecular weight is 416 g/mol. The van der Waals surface area contributed by atoms with E-state index in [0.29, 0.717) is 0 Å². The van der Waals surface area contributed by atoms with E-state index in [-0.39, 0.29) is 0 Å². The average Bonchev–Trinajstić information content (AvgIpc) is 2.88. The topological polar surface area (TPSA) is 54.7 Å². The van der Waals surface area contributed by atoms with E-state index in [0.717, 1.165) is 51.1 Å². The largest absolute Gasteiger partial charge is 0.354 e. The zero-order valence-electron chi connectivity index (χ0n) is 17.8. The van der Waals surface area contributed by atoms with E-state index in [9.17, 15) is 0 Å². The monoisotopic (exact) mass is 415 g/mol. The first kappa shape index (κ1) is 19.9. The Morgan fingerprint density at radius 1 is 0.750 bits per heavy atom. The fourth-order valence-electron chi connectivity index (χ4n) is 3.93. The van der Waals surface area contributed by atoms with Gasteiger partial charge in [-0.2, -0.15) is 0 Å². The second kappa shape index (κ2) is 8.96. The molecule has 0 saturated carbocycles. The number of quaternary nitrogens is 1. The van der Waals surface area contributed by atoms with Gasteiger partial charge < -0.3 is 5.73 Å². The van der Waals surface area contributed by atoms with Gasteiger partial charge in [0, 0.05) is 28.8 Å². The normalized spacial score (nSPS) is 11.3. The molecule has 0 amide bonds. The minimum absolute atomic E-state index is 0.782. The first-order valence-electron chi connectivity index (χ1n) is 10.8. The highest BCUT2D eigenvalue weighted by Gasteiger charge is 2.15. The first-order valence-corrected chi connectivity index (χ1v) is 10.8. The van der Waals surface area contributed by atoms with Crippen molar-refractivity contribution >= 4 is 23.1 Å². The zero-order valence-corrected chi connectivity index (χ0v) is 17.8. The van der Waals surface area contributed by atoms with E-state index in [4.69, 9.17) is 4.98 Å². The number of pyridine rings is 2. The Morgan fingerprint density at radius 2 is 1.47 bits per heavy atom. The number of hydrogen-bond acceptors (Lipinski definition) is 1. The van der Waals surface area contributed by atoms with Crippen LogP contribution in [0.5, 0.6) is 0 Å². The third-order valence-electron chi connectivity index (χ3n) is 5.67. The van der Waals surface area contributed by atoms with Gasteiger partial charge in [0.2, 0.25) is 5.69 Å². The van der Waals surface area contributed by atoms with Crippen molar-refractivity contribution in [1.82, 2.24) is 4.98 Å². The highest BCUT2D eigenvalue weighted by Crippen LogP contribution is 2.34. The van der Waals surface area contributed by atoms with Gasteiger partial charge in [0.1, 0.15) is 0 Å². The van der Waals surface area contributed by atoms with Crippen molar-refractivity contribution in [2.45, 2.75) is 6.54 Å². The van der Waals surface area contributed by atoms with Crippen molar-refractivity contribution in [3.63, 3.8) is 0 Å². The molecule has 5 aromatic rings. The molecule has 0 unspecified atom stereocenters. The number of aromatic amines is 1. The quantitative estimate of drug-likeness (QED) is 0.416. The summed E-state index contributed by atoms with van der Waals surface area (Å²) in [4.78, 5) is 8.52. The molecular formula is C29H25N3+2. The lowest BCUT2D eigenvalue weighted by atomic mass is 9.96. The SMILES string of the molecule is [NH3+]Cc1ccc(-c2nc3cc[nH+]c(/C=C/c4ccccc4)c3cc2-c2ccccc2)cc1. The van der Waals surface area contributed by atoms with Gasteiger partial charge in [-0.15, -0.1) is 0 Å². The van der Waals surface area contributed by atoms with E-state index in [1.807, 2.05) is 36.5 Å². The number of rotatable bonds is 5. The molecule has 0 aliphatic heterocycles. The number of fused-ring (bicyclic) bond motifs is 1. The van der Waals surface area contributed by atoms with Gasteiger partial charge in [-0.3, -0.25) is 0 Å². The molecule has 2 aromatic heterocycles. The van der Waals surface area contributed by atoms with Gasteiger partial charge in [0.25, 0.3) is 0 Å². The lowest BCUT2D eigenvalue weighted by molar-refractivity contribution is -0.386. The molecule has 0 saturated heterocycles. The summed E-state index contributed by atoms with van der Waals surface area (Å²) in [5, 5.41) is 1.09. The minimum atomic E-state index is 0.782. The maximum absolute atomic E-state index is 5.12. The van der Waals surface area contributed by atoms with Crippen molar-refractivity contribution in [1.29, 1.82) is 0 Å². The van der Waals surface area contributed by atoms with Crippen LogP contribution in [0.2, 0.25) is 0 Å². The third-order valence-corrected chi connectivity index (χ3v) is 5.67. The van der Waals surface area contributed by atoms with Crippen LogP contribution in [0.25, 0.3) is 45.4 Å². The van der Waals surface area contributed by atoms with Gasteiger partial charge >= 0.3 is 0 Å². The maximum Gasteiger partial charge on any atom is 0.213 e. The third kappa shape index (κ3) is 4.07. The van der Waals surface area contributed by atoms with Crippen LogP contribution in [0.3, 0.4) is 0 Å². The summed E-state index contributed by atoms with van der Waals surface area (Å²) in [6.07, 6.45) is 6.20. The zero-order chi connectivity index (χ0) is 21.8. The molecule has 0 bridgehead atoms. The highest BCUT2D eigenvalue weighted by molar-refractivity contribution is 5.95. The molecule has 3 heteroatoms. The molecule has 154 valence electrons. The van der Waals surface area contributed by atoms with Crippen LogP contribution in [0.15, 0.2) is 103 Å². The van der Waals surface area contributed by atoms with Crippen LogP contribution in [-0.2, 0) is 6.54 Å². The minimum Gasteiger partial charge on any atom is -0.354 e. The van der Waals surface area contributed by atoms with Gasteiger partial charge in [0.15, 0.2) is 6.20 Å². The molecule has 4 N–H and O–H groups in total. The molecule has 0 atom stereocenters. The lowest BCUT2D eigenvalue weighted by Crippen LogP contribution is -2.47. The first-order chi connectivity index (χ1) is 15.8. The Labute approximate surface area is 187 Å². The molecule has 5 rings (SSSR count). The van der Waals surface area contributed by atoms with Gasteiger partial charge in [-0.05, 0) is 23.3 Å². The molecule has 0 aliphatic carbocycles. The fraction of sp³-hybridized carbons (Fsp3) is 0.0345. The Balaban J connectivity index is 1.69. The molecule has 32 heavy (non-hydrogen) atoms. The number of hydrogen-bond donors (Lipinski definition) is 1. The summed E-state index contributed by atoms with van der Waals surface area (Å²) in [6.45, 7) is 0.782. The van der Waals surface area contributed by atoms with Crippen molar-refractivity contribution in [3.8, 4) is 22.4 Å². The van der Waals surface area contributed by atoms with E-state index in [1.165, 1.54) is 5.56 Å². The van der Waals surface area contributed by atoms with Crippen LogP contribution < -0.4 is 10.7 Å². The summed E-state index contributed by atoms with van der Waals surface area (Å²) < 4.78 is 0. The molecule has 3 nitrogen and oxygen atoms in total. The second-order valence-electron chi connectivity index (χ2n) is 7.77.